The van der Waals surface area contributed by atoms with Crippen LogP contribution in [0.1, 0.15) is 58.8 Å². The van der Waals surface area contributed by atoms with Crippen LogP contribution in [0, 0.1) is 18.8 Å². The zero-order valence-corrected chi connectivity index (χ0v) is 25.7. The van der Waals surface area contributed by atoms with Crippen LogP contribution in [0.4, 0.5) is 10.1 Å². The molecule has 7 rings (SSSR count). The van der Waals surface area contributed by atoms with E-state index in [1.807, 2.05) is 25.1 Å². The Morgan fingerprint density at radius 2 is 1.89 bits per heavy atom. The van der Waals surface area contributed by atoms with Gasteiger partial charge in [-0.05, 0) is 97.7 Å². The number of carbonyl (C=O) groups is 3. The van der Waals surface area contributed by atoms with Gasteiger partial charge in [0.25, 0.3) is 5.91 Å². The number of nitrogens with one attached hydrogen (secondary N) is 1. The van der Waals surface area contributed by atoms with Crippen LogP contribution in [0.3, 0.4) is 0 Å². The van der Waals surface area contributed by atoms with Gasteiger partial charge in [0.1, 0.15) is 24.4 Å². The molecule has 3 aromatic rings. The quantitative estimate of drug-likeness (QED) is 0.345. The molecule has 10 nitrogen and oxygen atoms in total. The molecule has 3 N–H and O–H groups in total. The SMILES string of the molecule is Cc1ccc2c(c1)OCCN2C(=O)[C@@H]1CC[C@@H]2C[C@H]3C[C@H]3C[C@H](NC(=O)c3cc4cc(C(F)P(=O)(O)O)ccc4s3)C(=O)N21. The lowest BCUT2D eigenvalue weighted by molar-refractivity contribution is -0.142. The summed E-state index contributed by atoms with van der Waals surface area (Å²) >= 11 is 1.16. The van der Waals surface area contributed by atoms with E-state index < -0.39 is 31.5 Å². The number of anilines is 1. The summed E-state index contributed by atoms with van der Waals surface area (Å²) in [5.41, 5.74) is 1.57. The topological polar surface area (TPSA) is 136 Å². The molecule has 1 aromatic heterocycles. The first-order valence-corrected chi connectivity index (χ1v) is 17.4. The average Bonchev–Trinajstić information content (AvgIpc) is 3.36. The predicted octanol–water partition coefficient (Wildman–Crippen LogP) is 4.67. The zero-order valence-electron chi connectivity index (χ0n) is 24.0. The summed E-state index contributed by atoms with van der Waals surface area (Å²) in [5.74, 6) is -1.82. The molecule has 2 saturated heterocycles. The van der Waals surface area contributed by atoms with Gasteiger partial charge in [0.2, 0.25) is 17.7 Å². The predicted molar refractivity (Wildman–Crippen MR) is 162 cm³/mol. The second-order valence-corrected chi connectivity index (χ2v) is 15.1. The van der Waals surface area contributed by atoms with Gasteiger partial charge < -0.3 is 29.6 Å². The molecule has 2 aromatic carbocycles. The summed E-state index contributed by atoms with van der Waals surface area (Å²) in [6.07, 6.45) is 3.66. The number of halogens is 1. The minimum Gasteiger partial charge on any atom is -0.490 e. The van der Waals surface area contributed by atoms with Crippen molar-refractivity contribution in [3.8, 4) is 5.75 Å². The number of carbonyl (C=O) groups excluding carboxylic acids is 3. The van der Waals surface area contributed by atoms with Crippen LogP contribution >= 0.6 is 18.9 Å². The Balaban J connectivity index is 1.13. The Kier molecular flexibility index (Phi) is 7.31. The van der Waals surface area contributed by atoms with Crippen LogP contribution < -0.4 is 15.0 Å². The van der Waals surface area contributed by atoms with E-state index in [1.54, 1.807) is 15.9 Å². The average molecular weight is 642 g/mol. The Hall–Kier alpha value is -3.31. The monoisotopic (exact) mass is 641 g/mol. The van der Waals surface area contributed by atoms with Crippen LogP contribution in [0.2, 0.25) is 0 Å². The van der Waals surface area contributed by atoms with Gasteiger partial charge >= 0.3 is 7.60 Å². The molecule has 6 atom stereocenters. The van der Waals surface area contributed by atoms with Gasteiger partial charge in [-0.25, -0.2) is 4.39 Å². The van der Waals surface area contributed by atoms with Crippen LogP contribution in [-0.2, 0) is 14.2 Å². The second-order valence-electron chi connectivity index (χ2n) is 12.4. The van der Waals surface area contributed by atoms with Gasteiger partial charge in [0.15, 0.2) is 0 Å². The molecule has 1 aliphatic carbocycles. The third kappa shape index (κ3) is 5.31. The third-order valence-corrected chi connectivity index (χ3v) is 11.4. The van der Waals surface area contributed by atoms with Crippen molar-refractivity contribution in [2.45, 2.75) is 63.1 Å². The van der Waals surface area contributed by atoms with Crippen LogP contribution in [0.25, 0.3) is 10.1 Å². The van der Waals surface area contributed by atoms with E-state index in [0.717, 1.165) is 36.2 Å². The van der Waals surface area contributed by atoms with E-state index in [0.29, 0.717) is 64.2 Å². The number of nitrogens with zero attached hydrogens (tertiary/aromatic N) is 2. The van der Waals surface area contributed by atoms with Crippen LogP contribution in [0.5, 0.6) is 5.75 Å². The van der Waals surface area contributed by atoms with E-state index in [-0.39, 0.29) is 23.4 Å². The normalized spacial score (nSPS) is 27.0. The first-order valence-electron chi connectivity index (χ1n) is 14.9. The smallest absolute Gasteiger partial charge is 0.363 e. The van der Waals surface area contributed by atoms with E-state index in [2.05, 4.69) is 5.32 Å². The van der Waals surface area contributed by atoms with Crippen LogP contribution in [-0.4, -0.2) is 63.7 Å². The van der Waals surface area contributed by atoms with Crippen molar-refractivity contribution in [2.24, 2.45) is 11.8 Å². The Labute approximate surface area is 257 Å². The number of rotatable bonds is 5. The number of aryl methyl sites for hydroxylation is 1. The van der Waals surface area contributed by atoms with E-state index in [1.165, 1.54) is 18.2 Å². The van der Waals surface area contributed by atoms with Crippen molar-refractivity contribution in [1.29, 1.82) is 0 Å². The highest BCUT2D eigenvalue weighted by atomic mass is 32.1. The summed E-state index contributed by atoms with van der Waals surface area (Å²) in [6.45, 7) is 2.73. The first-order chi connectivity index (χ1) is 21.0. The number of hydrogen-bond donors (Lipinski definition) is 3. The lowest BCUT2D eigenvalue weighted by atomic mass is 9.98. The summed E-state index contributed by atoms with van der Waals surface area (Å²) in [5, 5.41) is 3.42. The van der Waals surface area contributed by atoms with Crippen molar-refractivity contribution in [3.05, 3.63) is 58.5 Å². The number of benzene rings is 2. The maximum Gasteiger partial charge on any atom is 0.363 e. The van der Waals surface area contributed by atoms with Crippen LogP contribution in [0.15, 0.2) is 42.5 Å². The Morgan fingerprint density at radius 3 is 2.68 bits per heavy atom. The molecule has 3 fully saturated rings. The summed E-state index contributed by atoms with van der Waals surface area (Å²) < 4.78 is 32.2. The fraction of sp³-hybridized carbons (Fsp3) is 0.452. The molecule has 4 aliphatic rings. The molecule has 232 valence electrons. The first kappa shape index (κ1) is 29.4. The van der Waals surface area contributed by atoms with E-state index in [4.69, 9.17) is 4.74 Å². The lowest BCUT2D eigenvalue weighted by Crippen LogP contribution is -2.57. The molecular weight excluding hydrogens is 608 g/mol. The molecule has 0 bridgehead atoms. The van der Waals surface area contributed by atoms with Crippen molar-refractivity contribution in [3.63, 3.8) is 0 Å². The molecular formula is C31H33FN3O7PS. The number of fused-ring (bicyclic) bond motifs is 4. The van der Waals surface area contributed by atoms with Crippen molar-refractivity contribution in [2.75, 3.05) is 18.1 Å². The van der Waals surface area contributed by atoms with Crippen molar-refractivity contribution < 1.29 is 37.9 Å². The molecule has 3 aliphatic heterocycles. The highest BCUT2D eigenvalue weighted by molar-refractivity contribution is 7.51. The van der Waals surface area contributed by atoms with E-state index >= 15 is 0 Å². The Bertz CT molecular complexity index is 1730. The number of alkyl halides is 1. The third-order valence-electron chi connectivity index (χ3n) is 9.41. The maximum absolute atomic E-state index is 14.3. The number of hydrogen-bond acceptors (Lipinski definition) is 6. The summed E-state index contributed by atoms with van der Waals surface area (Å²) in [6, 6.07) is 9.96. The number of thiophene rings is 1. The summed E-state index contributed by atoms with van der Waals surface area (Å²) in [7, 11) is -4.98. The fourth-order valence-corrected chi connectivity index (χ4v) is 8.61. The molecule has 3 amide bonds. The minimum absolute atomic E-state index is 0.0601. The zero-order chi connectivity index (χ0) is 30.9. The highest BCUT2D eigenvalue weighted by Gasteiger charge is 2.52. The second kappa shape index (κ2) is 10.9. The fourth-order valence-electron chi connectivity index (χ4n) is 7.11. The molecule has 1 saturated carbocycles. The molecule has 4 heterocycles. The number of ether oxygens (including phenoxy) is 1. The highest BCUT2D eigenvalue weighted by Crippen LogP contribution is 2.53. The molecule has 0 spiro atoms. The maximum atomic E-state index is 14.3. The van der Waals surface area contributed by atoms with Gasteiger partial charge in [-0.1, -0.05) is 12.1 Å². The van der Waals surface area contributed by atoms with E-state index in [9.17, 15) is 33.1 Å². The Morgan fingerprint density at radius 1 is 1.09 bits per heavy atom. The van der Waals surface area contributed by atoms with Crippen molar-refractivity contribution >= 4 is 52.4 Å². The molecule has 13 heteroatoms. The van der Waals surface area contributed by atoms with Gasteiger partial charge in [-0.15, -0.1) is 11.3 Å². The molecule has 1 unspecified atom stereocenters. The number of amides is 3. The van der Waals surface area contributed by atoms with Gasteiger partial charge in [-0.3, -0.25) is 18.9 Å². The lowest BCUT2D eigenvalue weighted by Gasteiger charge is -2.38. The van der Waals surface area contributed by atoms with Gasteiger partial charge in [0, 0.05) is 10.7 Å². The van der Waals surface area contributed by atoms with Gasteiger partial charge in [-0.2, -0.15) is 0 Å². The van der Waals surface area contributed by atoms with Crippen molar-refractivity contribution in [1.82, 2.24) is 10.2 Å². The summed E-state index contributed by atoms with van der Waals surface area (Å²) in [4.78, 5) is 64.0. The molecule has 44 heavy (non-hydrogen) atoms. The largest absolute Gasteiger partial charge is 0.490 e. The van der Waals surface area contributed by atoms with Gasteiger partial charge in [0.05, 0.1) is 17.1 Å². The standard InChI is InChI=1S/C31H33FN3O7PS/c1-16-2-5-23-25(10-16)42-9-8-34(23)31(38)24-6-4-21-13-18-12-19(18)14-22(30(37)35(21)24)33-29(36)27-15-20-11-17(3-7-26(20)44-27)28(32)43(39,40)41/h2-3,5,7,10-11,15,18-19,21-22,24,28H,4,6,8-9,12-14H2,1H3,(H,33,36)(H2,39,40,41)/t18-,19+,21-,22+,24+,28?/m1/s1. The minimum atomic E-state index is -4.98. The molecule has 0 radical (unpaired) electrons.